The lowest BCUT2D eigenvalue weighted by atomic mass is 9.97. The zero-order chi connectivity index (χ0) is 14.5. The molecule has 3 N–H and O–H groups in total. The third-order valence-electron chi connectivity index (χ3n) is 3.84. The van der Waals surface area contributed by atoms with Crippen LogP contribution in [0.4, 0.5) is 0 Å². The van der Waals surface area contributed by atoms with E-state index in [2.05, 4.69) is 10.2 Å². The molecule has 1 aromatic heterocycles. The minimum absolute atomic E-state index is 0.248. The van der Waals surface area contributed by atoms with E-state index >= 15 is 0 Å². The van der Waals surface area contributed by atoms with Gasteiger partial charge in [0.05, 0.1) is 6.54 Å². The van der Waals surface area contributed by atoms with Crippen LogP contribution in [0.1, 0.15) is 23.3 Å². The number of amides is 2. The maximum absolute atomic E-state index is 11.9. The molecule has 0 saturated carbocycles. The Morgan fingerprint density at radius 2 is 2.10 bits per heavy atom. The van der Waals surface area contributed by atoms with Gasteiger partial charge in [0.15, 0.2) is 0 Å². The summed E-state index contributed by atoms with van der Waals surface area (Å²) in [7, 11) is 1.77. The van der Waals surface area contributed by atoms with E-state index in [1.54, 1.807) is 29.9 Å². The van der Waals surface area contributed by atoms with Crippen LogP contribution in [-0.2, 0) is 11.8 Å². The molecular weight excluding hydrogens is 256 g/mol. The molecule has 1 aromatic rings. The van der Waals surface area contributed by atoms with Crippen LogP contribution in [0, 0.1) is 5.92 Å². The number of nitrogens with one attached hydrogen (secondary N) is 1. The Hall–Kier alpha value is -1.66. The SMILES string of the molecule is Cn1cccc1C(=O)NC(=O)CN1CCC(CN)CC1. The Labute approximate surface area is 118 Å². The number of likely N-dealkylation sites (tertiary alicyclic amines) is 1. The van der Waals surface area contributed by atoms with Gasteiger partial charge in [-0.2, -0.15) is 0 Å². The first-order valence-electron chi connectivity index (χ1n) is 6.98. The minimum atomic E-state index is -0.348. The van der Waals surface area contributed by atoms with Gasteiger partial charge >= 0.3 is 0 Å². The van der Waals surface area contributed by atoms with Crippen LogP contribution in [0.2, 0.25) is 0 Å². The van der Waals surface area contributed by atoms with Crippen molar-refractivity contribution < 1.29 is 9.59 Å². The molecule has 1 saturated heterocycles. The van der Waals surface area contributed by atoms with Gasteiger partial charge in [0.2, 0.25) is 5.91 Å². The van der Waals surface area contributed by atoms with Crippen molar-refractivity contribution in [3.05, 3.63) is 24.0 Å². The summed E-state index contributed by atoms with van der Waals surface area (Å²) in [6.07, 6.45) is 3.82. The first-order valence-corrected chi connectivity index (χ1v) is 6.98. The molecule has 0 aliphatic carbocycles. The lowest BCUT2D eigenvalue weighted by Crippen LogP contribution is -2.44. The highest BCUT2D eigenvalue weighted by Gasteiger charge is 2.21. The van der Waals surface area contributed by atoms with Gasteiger partial charge < -0.3 is 10.3 Å². The molecule has 2 heterocycles. The topological polar surface area (TPSA) is 80.4 Å². The molecule has 1 aliphatic heterocycles. The van der Waals surface area contributed by atoms with Crippen LogP contribution >= 0.6 is 0 Å². The van der Waals surface area contributed by atoms with E-state index in [4.69, 9.17) is 5.73 Å². The molecule has 2 rings (SSSR count). The number of hydrogen-bond donors (Lipinski definition) is 2. The summed E-state index contributed by atoms with van der Waals surface area (Å²) < 4.78 is 1.69. The number of piperidine rings is 1. The highest BCUT2D eigenvalue weighted by molar-refractivity contribution is 6.04. The highest BCUT2D eigenvalue weighted by Crippen LogP contribution is 2.15. The van der Waals surface area contributed by atoms with E-state index in [0.717, 1.165) is 25.9 Å². The standard InChI is InChI=1S/C14H22N4O2/c1-17-6-2-3-12(17)14(20)16-13(19)10-18-7-4-11(9-15)5-8-18/h2-3,6,11H,4-5,7-10,15H2,1H3,(H,16,19,20). The molecule has 0 atom stereocenters. The molecule has 110 valence electrons. The fourth-order valence-corrected chi connectivity index (χ4v) is 2.51. The summed E-state index contributed by atoms with van der Waals surface area (Å²) in [6.45, 7) is 2.72. The normalized spacial score (nSPS) is 17.1. The van der Waals surface area contributed by atoms with Gasteiger partial charge in [0.25, 0.3) is 5.91 Å². The second-order valence-electron chi connectivity index (χ2n) is 5.34. The minimum Gasteiger partial charge on any atom is -0.347 e. The maximum Gasteiger partial charge on any atom is 0.274 e. The fraction of sp³-hybridized carbons (Fsp3) is 0.571. The molecular formula is C14H22N4O2. The fourth-order valence-electron chi connectivity index (χ4n) is 2.51. The quantitative estimate of drug-likeness (QED) is 0.809. The molecule has 6 nitrogen and oxygen atoms in total. The number of nitrogens with zero attached hydrogens (tertiary/aromatic N) is 2. The van der Waals surface area contributed by atoms with Gasteiger partial charge in [0.1, 0.15) is 5.69 Å². The van der Waals surface area contributed by atoms with Crippen molar-refractivity contribution in [2.45, 2.75) is 12.8 Å². The van der Waals surface area contributed by atoms with E-state index in [1.807, 2.05) is 0 Å². The zero-order valence-corrected chi connectivity index (χ0v) is 11.8. The zero-order valence-electron chi connectivity index (χ0n) is 11.8. The smallest absolute Gasteiger partial charge is 0.274 e. The van der Waals surface area contributed by atoms with Crippen molar-refractivity contribution in [1.29, 1.82) is 0 Å². The third-order valence-corrected chi connectivity index (χ3v) is 3.84. The molecule has 1 aliphatic rings. The molecule has 0 aromatic carbocycles. The largest absolute Gasteiger partial charge is 0.347 e. The van der Waals surface area contributed by atoms with Crippen LogP contribution in [-0.4, -0.2) is 47.5 Å². The van der Waals surface area contributed by atoms with Crippen LogP contribution in [0.3, 0.4) is 0 Å². The number of nitrogens with two attached hydrogens (primary N) is 1. The number of aryl methyl sites for hydroxylation is 1. The van der Waals surface area contributed by atoms with Crippen LogP contribution in [0.5, 0.6) is 0 Å². The number of carbonyl (C=O) groups is 2. The van der Waals surface area contributed by atoms with Gasteiger partial charge in [-0.1, -0.05) is 0 Å². The lowest BCUT2D eigenvalue weighted by molar-refractivity contribution is -0.121. The highest BCUT2D eigenvalue weighted by atomic mass is 16.2. The Balaban J connectivity index is 1.79. The molecule has 0 radical (unpaired) electrons. The Morgan fingerprint density at radius 1 is 1.40 bits per heavy atom. The first kappa shape index (κ1) is 14.7. The van der Waals surface area contributed by atoms with E-state index in [9.17, 15) is 9.59 Å². The van der Waals surface area contributed by atoms with E-state index in [0.29, 0.717) is 18.2 Å². The monoisotopic (exact) mass is 278 g/mol. The number of rotatable bonds is 4. The number of carbonyl (C=O) groups excluding carboxylic acids is 2. The molecule has 2 amide bonds. The Kier molecular flexibility index (Phi) is 4.92. The molecule has 1 fully saturated rings. The molecule has 0 spiro atoms. The van der Waals surface area contributed by atoms with Crippen molar-refractivity contribution in [3.63, 3.8) is 0 Å². The summed E-state index contributed by atoms with van der Waals surface area (Å²) in [5.41, 5.74) is 6.13. The summed E-state index contributed by atoms with van der Waals surface area (Å²) in [6, 6.07) is 3.46. The van der Waals surface area contributed by atoms with E-state index in [-0.39, 0.29) is 18.4 Å². The van der Waals surface area contributed by atoms with Crippen molar-refractivity contribution in [2.75, 3.05) is 26.2 Å². The number of imide groups is 1. The van der Waals surface area contributed by atoms with Gasteiger partial charge in [-0.25, -0.2) is 0 Å². The van der Waals surface area contributed by atoms with Crippen molar-refractivity contribution in [2.24, 2.45) is 18.7 Å². The summed E-state index contributed by atoms with van der Waals surface area (Å²) in [5, 5.41) is 2.43. The molecule has 0 unspecified atom stereocenters. The van der Waals surface area contributed by atoms with Gasteiger partial charge in [0, 0.05) is 13.2 Å². The van der Waals surface area contributed by atoms with Crippen LogP contribution in [0.15, 0.2) is 18.3 Å². The average Bonchev–Trinajstić information content (AvgIpc) is 2.86. The third kappa shape index (κ3) is 3.68. The molecule has 6 heteroatoms. The average molecular weight is 278 g/mol. The number of hydrogen-bond acceptors (Lipinski definition) is 4. The Bertz CT molecular complexity index is 475. The summed E-state index contributed by atoms with van der Waals surface area (Å²) >= 11 is 0. The summed E-state index contributed by atoms with van der Waals surface area (Å²) in [4.78, 5) is 25.8. The van der Waals surface area contributed by atoms with E-state index < -0.39 is 0 Å². The predicted molar refractivity (Wildman–Crippen MR) is 76.1 cm³/mol. The van der Waals surface area contributed by atoms with Gasteiger partial charge in [-0.15, -0.1) is 0 Å². The van der Waals surface area contributed by atoms with Crippen molar-refractivity contribution in [3.8, 4) is 0 Å². The second kappa shape index (κ2) is 6.67. The lowest BCUT2D eigenvalue weighted by Gasteiger charge is -2.30. The van der Waals surface area contributed by atoms with Crippen LogP contribution < -0.4 is 11.1 Å². The molecule has 0 bridgehead atoms. The van der Waals surface area contributed by atoms with Crippen molar-refractivity contribution >= 4 is 11.8 Å². The Morgan fingerprint density at radius 3 is 2.65 bits per heavy atom. The molecule has 20 heavy (non-hydrogen) atoms. The van der Waals surface area contributed by atoms with Crippen LogP contribution in [0.25, 0.3) is 0 Å². The van der Waals surface area contributed by atoms with Gasteiger partial charge in [-0.3, -0.25) is 19.8 Å². The van der Waals surface area contributed by atoms with Gasteiger partial charge in [-0.05, 0) is 50.5 Å². The summed E-state index contributed by atoms with van der Waals surface area (Å²) in [5.74, 6) is -0.0268. The van der Waals surface area contributed by atoms with E-state index in [1.165, 1.54) is 0 Å². The second-order valence-corrected chi connectivity index (χ2v) is 5.34. The number of aromatic nitrogens is 1. The van der Waals surface area contributed by atoms with Crippen molar-refractivity contribution in [1.82, 2.24) is 14.8 Å². The maximum atomic E-state index is 11.9. The first-order chi connectivity index (χ1) is 9.60. The predicted octanol–water partition coefficient (Wildman–Crippen LogP) is -0.0478.